The summed E-state index contributed by atoms with van der Waals surface area (Å²) in [7, 11) is -3.16. The van der Waals surface area contributed by atoms with Crippen molar-refractivity contribution in [3.05, 3.63) is 70.3 Å². The Hall–Kier alpha value is -3.31. The van der Waals surface area contributed by atoms with Crippen molar-refractivity contribution >= 4 is 27.6 Å². The molecule has 180 valence electrons. The molecule has 2 aromatic carbocycles. The maximum absolute atomic E-state index is 13.7. The number of nitrogens with zero attached hydrogens (tertiary/aromatic N) is 3. The van der Waals surface area contributed by atoms with Crippen LogP contribution in [-0.2, 0) is 30.9 Å². The average molecular weight is 488 g/mol. The van der Waals surface area contributed by atoms with Crippen LogP contribution < -0.4 is 0 Å². The van der Waals surface area contributed by atoms with Gasteiger partial charge in [-0.05, 0) is 24.5 Å². The van der Waals surface area contributed by atoms with Crippen LogP contribution in [0.25, 0.3) is 0 Å². The number of hydrogen-bond donors (Lipinski definition) is 0. The molecule has 34 heavy (non-hydrogen) atoms. The van der Waals surface area contributed by atoms with Crippen LogP contribution in [0.3, 0.4) is 0 Å². The standard InChI is InChI=1S/C23H25N3O7S/c1-33-22(28)23(13-7-8-14-23)24-16-19(21(24)27)25(15-17-9-3-2-4-10-17)34(31,32)20-12-6-5-11-18(20)26(29)30/h2-6,9-12,19H,7-8,13-16H2,1H3. The molecule has 0 radical (unpaired) electrons. The molecule has 11 heteroatoms. The Morgan fingerprint density at radius 2 is 1.76 bits per heavy atom. The number of hydrogen-bond acceptors (Lipinski definition) is 7. The number of rotatable bonds is 8. The first kappa shape index (κ1) is 23.8. The third-order valence-electron chi connectivity index (χ3n) is 6.60. The minimum atomic E-state index is -4.43. The van der Waals surface area contributed by atoms with Gasteiger partial charge in [-0.15, -0.1) is 0 Å². The van der Waals surface area contributed by atoms with Gasteiger partial charge >= 0.3 is 5.97 Å². The molecule has 1 aliphatic carbocycles. The highest BCUT2D eigenvalue weighted by Crippen LogP contribution is 2.42. The average Bonchev–Trinajstić information content (AvgIpc) is 3.33. The Morgan fingerprint density at radius 3 is 2.35 bits per heavy atom. The molecule has 1 saturated carbocycles. The van der Waals surface area contributed by atoms with E-state index < -0.39 is 49.0 Å². The van der Waals surface area contributed by atoms with Gasteiger partial charge in [-0.2, -0.15) is 4.31 Å². The maximum Gasteiger partial charge on any atom is 0.331 e. The molecule has 1 unspecified atom stereocenters. The number of benzene rings is 2. The molecular weight excluding hydrogens is 462 g/mol. The van der Waals surface area contributed by atoms with Crippen LogP contribution in [0.5, 0.6) is 0 Å². The third kappa shape index (κ3) is 3.94. The molecule has 1 heterocycles. The molecule has 0 aromatic heterocycles. The van der Waals surface area contributed by atoms with Gasteiger partial charge in [0.15, 0.2) is 4.90 Å². The van der Waals surface area contributed by atoms with Gasteiger partial charge in [0.2, 0.25) is 5.91 Å². The van der Waals surface area contributed by atoms with E-state index in [1.807, 2.05) is 0 Å². The van der Waals surface area contributed by atoms with Gasteiger partial charge in [0.1, 0.15) is 11.6 Å². The summed E-state index contributed by atoms with van der Waals surface area (Å²) in [6.45, 7) is -0.147. The first-order valence-corrected chi connectivity index (χ1v) is 12.4. The molecule has 4 rings (SSSR count). The first-order valence-electron chi connectivity index (χ1n) is 10.9. The van der Waals surface area contributed by atoms with Gasteiger partial charge in [0, 0.05) is 19.2 Å². The number of methoxy groups -OCH3 is 1. The zero-order valence-corrected chi connectivity index (χ0v) is 19.4. The summed E-state index contributed by atoms with van der Waals surface area (Å²) in [5.74, 6) is -1.02. The second-order valence-corrected chi connectivity index (χ2v) is 10.3. The maximum atomic E-state index is 13.7. The molecular formula is C23H25N3O7S. The van der Waals surface area contributed by atoms with Crippen molar-refractivity contribution in [1.82, 2.24) is 9.21 Å². The van der Waals surface area contributed by atoms with E-state index in [-0.39, 0.29) is 13.1 Å². The van der Waals surface area contributed by atoms with Crippen LogP contribution >= 0.6 is 0 Å². The topological polar surface area (TPSA) is 127 Å². The number of para-hydroxylation sites is 1. The van der Waals surface area contributed by atoms with Crippen molar-refractivity contribution in [2.75, 3.05) is 13.7 Å². The highest BCUT2D eigenvalue weighted by molar-refractivity contribution is 7.89. The molecule has 2 aliphatic rings. The number of β-lactam (4-membered cyclic amide) rings is 1. The third-order valence-corrected chi connectivity index (χ3v) is 8.50. The summed E-state index contributed by atoms with van der Waals surface area (Å²) in [6, 6.07) is 12.7. The van der Waals surface area contributed by atoms with Crippen molar-refractivity contribution in [1.29, 1.82) is 0 Å². The number of esters is 1. The van der Waals surface area contributed by atoms with Crippen LogP contribution in [0.4, 0.5) is 5.69 Å². The molecule has 2 aromatic rings. The van der Waals surface area contributed by atoms with Crippen LogP contribution in [0.2, 0.25) is 0 Å². The fourth-order valence-electron chi connectivity index (χ4n) is 4.82. The normalized spacial score (nSPS) is 19.6. The number of likely N-dealkylation sites (tertiary alicyclic amines) is 1. The molecule has 1 atom stereocenters. The number of amides is 1. The molecule has 0 N–H and O–H groups in total. The number of carbonyl (C=O) groups is 2. The van der Waals surface area contributed by atoms with E-state index in [2.05, 4.69) is 0 Å². The SMILES string of the molecule is COC(=O)C1(N2CC(N(Cc3ccccc3)S(=O)(=O)c3ccccc3[N+](=O)[O-])C2=O)CCCC1. The summed E-state index contributed by atoms with van der Waals surface area (Å²) in [4.78, 5) is 37.7. The predicted octanol–water partition coefficient (Wildman–Crippen LogP) is 2.48. The van der Waals surface area contributed by atoms with E-state index in [1.54, 1.807) is 30.3 Å². The smallest absolute Gasteiger partial charge is 0.331 e. The number of sulfonamides is 1. The number of nitro benzene ring substituents is 1. The monoisotopic (exact) mass is 487 g/mol. The van der Waals surface area contributed by atoms with Gasteiger partial charge in [-0.25, -0.2) is 13.2 Å². The zero-order chi connectivity index (χ0) is 24.5. The lowest BCUT2D eigenvalue weighted by atomic mass is 9.89. The van der Waals surface area contributed by atoms with E-state index in [1.165, 1.54) is 30.2 Å². The molecule has 0 bridgehead atoms. The van der Waals surface area contributed by atoms with E-state index in [9.17, 15) is 28.1 Å². The molecule has 1 saturated heterocycles. The molecule has 0 spiro atoms. The highest BCUT2D eigenvalue weighted by atomic mass is 32.2. The predicted molar refractivity (Wildman–Crippen MR) is 121 cm³/mol. The Morgan fingerprint density at radius 1 is 1.15 bits per heavy atom. The Balaban J connectivity index is 1.72. The van der Waals surface area contributed by atoms with Crippen molar-refractivity contribution in [3.63, 3.8) is 0 Å². The van der Waals surface area contributed by atoms with Gasteiger partial charge in [-0.1, -0.05) is 55.3 Å². The molecule has 1 aliphatic heterocycles. The van der Waals surface area contributed by atoms with E-state index >= 15 is 0 Å². The highest BCUT2D eigenvalue weighted by Gasteiger charge is 2.58. The van der Waals surface area contributed by atoms with Gasteiger partial charge < -0.3 is 9.64 Å². The number of ether oxygens (including phenoxy) is 1. The van der Waals surface area contributed by atoms with E-state index in [0.29, 0.717) is 18.4 Å². The van der Waals surface area contributed by atoms with Crippen molar-refractivity contribution in [3.8, 4) is 0 Å². The summed E-state index contributed by atoms with van der Waals surface area (Å²) >= 11 is 0. The molecule has 2 fully saturated rings. The van der Waals surface area contributed by atoms with Crippen LogP contribution in [0.15, 0.2) is 59.5 Å². The molecule has 1 amide bonds. The summed E-state index contributed by atoms with van der Waals surface area (Å²) < 4.78 is 33.4. The largest absolute Gasteiger partial charge is 0.467 e. The number of nitro groups is 1. The first-order chi connectivity index (χ1) is 16.2. The zero-order valence-electron chi connectivity index (χ0n) is 18.6. The van der Waals surface area contributed by atoms with Crippen LogP contribution in [0.1, 0.15) is 31.2 Å². The van der Waals surface area contributed by atoms with E-state index in [0.717, 1.165) is 23.2 Å². The number of carbonyl (C=O) groups excluding carboxylic acids is 2. The summed E-state index contributed by atoms with van der Waals surface area (Å²) in [5.41, 5.74) is -1.03. The minimum Gasteiger partial charge on any atom is -0.467 e. The van der Waals surface area contributed by atoms with Gasteiger partial charge in [-0.3, -0.25) is 14.9 Å². The summed E-state index contributed by atoms with van der Waals surface area (Å²) in [6.07, 6.45) is 2.42. The lowest BCUT2D eigenvalue weighted by Crippen LogP contribution is -2.72. The Bertz CT molecular complexity index is 1210. The second-order valence-electron chi connectivity index (χ2n) is 8.46. The van der Waals surface area contributed by atoms with Gasteiger partial charge in [0.25, 0.3) is 15.7 Å². The lowest BCUT2D eigenvalue weighted by molar-refractivity contribution is -0.387. The van der Waals surface area contributed by atoms with Crippen molar-refractivity contribution in [2.45, 2.75) is 48.7 Å². The Kier molecular flexibility index (Phi) is 6.41. The lowest BCUT2D eigenvalue weighted by Gasteiger charge is -2.50. The fraction of sp³-hybridized carbons (Fsp3) is 0.391. The van der Waals surface area contributed by atoms with Crippen LogP contribution in [0, 0.1) is 10.1 Å². The van der Waals surface area contributed by atoms with Crippen LogP contribution in [-0.4, -0.2) is 59.7 Å². The summed E-state index contributed by atoms with van der Waals surface area (Å²) in [5, 5.41) is 11.5. The molecule has 10 nitrogen and oxygen atoms in total. The van der Waals surface area contributed by atoms with Crippen molar-refractivity contribution < 1.29 is 27.7 Å². The van der Waals surface area contributed by atoms with Gasteiger partial charge in [0.05, 0.1) is 12.0 Å². The quantitative estimate of drug-likeness (QED) is 0.242. The second kappa shape index (κ2) is 9.15. The Labute approximate surface area is 197 Å². The van der Waals surface area contributed by atoms with E-state index in [4.69, 9.17) is 4.74 Å². The van der Waals surface area contributed by atoms with Crippen molar-refractivity contribution in [2.24, 2.45) is 0 Å². The fourth-order valence-corrected chi connectivity index (χ4v) is 6.54. The minimum absolute atomic E-state index is 0.000623.